The fourth-order valence-corrected chi connectivity index (χ4v) is 10.1. The summed E-state index contributed by atoms with van der Waals surface area (Å²) in [7, 11) is 0. The molecule has 0 saturated heterocycles. The van der Waals surface area contributed by atoms with Gasteiger partial charge in [-0.05, 0) is 125 Å². The first kappa shape index (κ1) is 33.9. The molecule has 0 bridgehead atoms. The van der Waals surface area contributed by atoms with Gasteiger partial charge in [0, 0.05) is 22.5 Å². The molecule has 0 aromatic heterocycles. The first-order valence-electron chi connectivity index (χ1n) is 19.9. The molecule has 7 aromatic carbocycles. The first-order valence-corrected chi connectivity index (χ1v) is 19.9. The maximum Gasteiger partial charge on any atom is 0.0726 e. The summed E-state index contributed by atoms with van der Waals surface area (Å²) < 4.78 is 0. The Morgan fingerprint density at radius 3 is 1.29 bits per heavy atom. The highest BCUT2D eigenvalue weighted by Crippen LogP contribution is 2.64. The van der Waals surface area contributed by atoms with E-state index in [9.17, 15) is 0 Å². The molecule has 3 aliphatic carbocycles. The number of nitrogens with zero attached hydrogens (tertiary/aromatic N) is 1. The van der Waals surface area contributed by atoms with Gasteiger partial charge in [0.15, 0.2) is 0 Å². The normalized spacial score (nSPS) is 15.2. The van der Waals surface area contributed by atoms with Crippen LogP contribution in [0.25, 0.3) is 33.4 Å². The lowest BCUT2D eigenvalue weighted by Crippen LogP contribution is -2.27. The lowest BCUT2D eigenvalue weighted by atomic mass is 9.68. The number of para-hydroxylation sites is 1. The van der Waals surface area contributed by atoms with Gasteiger partial charge in [-0.15, -0.1) is 0 Å². The van der Waals surface area contributed by atoms with Gasteiger partial charge in [0.05, 0.1) is 5.41 Å². The minimum atomic E-state index is -0.459. The highest BCUT2D eigenvalue weighted by molar-refractivity contribution is 5.97. The van der Waals surface area contributed by atoms with Crippen LogP contribution in [0.5, 0.6) is 0 Å². The monoisotopic (exact) mass is 711 g/mol. The second-order valence-electron chi connectivity index (χ2n) is 18.6. The predicted molar refractivity (Wildman–Crippen MR) is 232 cm³/mol. The predicted octanol–water partition coefficient (Wildman–Crippen LogP) is 14.4. The Morgan fingerprint density at radius 2 is 0.745 bits per heavy atom. The Hall–Kier alpha value is -5.66. The molecule has 0 saturated carbocycles. The van der Waals surface area contributed by atoms with Crippen molar-refractivity contribution in [2.75, 3.05) is 4.90 Å². The number of anilines is 3. The molecule has 270 valence electrons. The fourth-order valence-electron chi connectivity index (χ4n) is 10.1. The molecule has 0 unspecified atom stereocenters. The molecule has 10 rings (SSSR count). The van der Waals surface area contributed by atoms with Gasteiger partial charge in [0.25, 0.3) is 0 Å². The summed E-state index contributed by atoms with van der Waals surface area (Å²) in [6.45, 7) is 18.8. The standard InChI is InChI=1S/C54H49N/c1-51(2,3)34-22-26-42-43-27-23-35(52(4,5)6)31-49(43)54(48(42)30-34)46-21-15-13-19-40(46)44-29-25-38(33-50(44)54)55(36-16-10-9-11-17-36)37-24-28-41-39-18-12-14-20-45(39)53(7,8)47(41)32-37/h9-33H,1-8H3. The lowest BCUT2D eigenvalue weighted by Gasteiger charge is -2.34. The molecule has 0 fully saturated rings. The van der Waals surface area contributed by atoms with Gasteiger partial charge in [-0.3, -0.25) is 0 Å². The summed E-state index contributed by atoms with van der Waals surface area (Å²) in [5.74, 6) is 0. The van der Waals surface area contributed by atoms with Gasteiger partial charge in [0.2, 0.25) is 0 Å². The van der Waals surface area contributed by atoms with Gasteiger partial charge in [-0.25, -0.2) is 0 Å². The van der Waals surface area contributed by atoms with E-state index in [1.54, 1.807) is 0 Å². The van der Waals surface area contributed by atoms with Crippen LogP contribution >= 0.6 is 0 Å². The van der Waals surface area contributed by atoms with Crippen LogP contribution in [0.1, 0.15) is 99.9 Å². The second kappa shape index (κ2) is 11.4. The Balaban J connectivity index is 1.26. The molecule has 7 aromatic rings. The smallest absolute Gasteiger partial charge is 0.0726 e. The van der Waals surface area contributed by atoms with E-state index in [0.29, 0.717) is 0 Å². The minimum Gasteiger partial charge on any atom is -0.310 e. The number of rotatable bonds is 3. The highest BCUT2D eigenvalue weighted by atomic mass is 15.1. The van der Waals surface area contributed by atoms with Gasteiger partial charge < -0.3 is 4.90 Å². The van der Waals surface area contributed by atoms with Crippen LogP contribution < -0.4 is 4.90 Å². The van der Waals surface area contributed by atoms with Crippen LogP contribution in [0.4, 0.5) is 17.1 Å². The highest BCUT2D eigenvalue weighted by Gasteiger charge is 2.52. The second-order valence-corrected chi connectivity index (χ2v) is 18.6. The van der Waals surface area contributed by atoms with Crippen molar-refractivity contribution in [3.05, 3.63) is 196 Å². The van der Waals surface area contributed by atoms with Crippen LogP contribution in [0.2, 0.25) is 0 Å². The Bertz CT molecular complexity index is 2630. The van der Waals surface area contributed by atoms with E-state index in [0.717, 1.165) is 5.69 Å². The molecule has 1 nitrogen and oxygen atoms in total. The maximum atomic E-state index is 2.54. The lowest BCUT2D eigenvalue weighted by molar-refractivity contribution is 0.586. The van der Waals surface area contributed by atoms with Gasteiger partial charge >= 0.3 is 0 Å². The number of hydrogen-bond donors (Lipinski definition) is 0. The molecule has 0 heterocycles. The average Bonchev–Trinajstić information content (AvgIpc) is 3.72. The molecular weight excluding hydrogens is 663 g/mol. The zero-order valence-corrected chi connectivity index (χ0v) is 33.4. The molecule has 0 atom stereocenters. The maximum absolute atomic E-state index is 2.54. The van der Waals surface area contributed by atoms with Crippen molar-refractivity contribution in [2.24, 2.45) is 0 Å². The van der Waals surface area contributed by atoms with Crippen molar-refractivity contribution in [3.63, 3.8) is 0 Å². The quantitative estimate of drug-likeness (QED) is 0.176. The van der Waals surface area contributed by atoms with Crippen LogP contribution in [0, 0.1) is 0 Å². The van der Waals surface area contributed by atoms with Crippen LogP contribution in [-0.2, 0) is 21.7 Å². The summed E-state index contributed by atoms with van der Waals surface area (Å²) in [4.78, 5) is 2.48. The van der Waals surface area contributed by atoms with Gasteiger partial charge in [0.1, 0.15) is 0 Å². The zero-order chi connectivity index (χ0) is 38.1. The summed E-state index contributed by atoms with van der Waals surface area (Å²) in [5, 5.41) is 0. The van der Waals surface area contributed by atoms with E-state index in [1.807, 2.05) is 0 Å². The van der Waals surface area contributed by atoms with Crippen molar-refractivity contribution in [2.45, 2.75) is 77.0 Å². The van der Waals surface area contributed by atoms with E-state index in [4.69, 9.17) is 0 Å². The molecule has 1 heteroatoms. The van der Waals surface area contributed by atoms with E-state index in [2.05, 4.69) is 212 Å². The number of hydrogen-bond acceptors (Lipinski definition) is 1. The molecule has 0 radical (unpaired) electrons. The fraction of sp³-hybridized carbons (Fsp3) is 0.222. The minimum absolute atomic E-state index is 0.00940. The van der Waals surface area contributed by atoms with Crippen molar-refractivity contribution < 1.29 is 0 Å². The number of benzene rings is 7. The molecule has 0 amide bonds. The van der Waals surface area contributed by atoms with Crippen LogP contribution in [-0.4, -0.2) is 0 Å². The molecule has 0 N–H and O–H groups in total. The summed E-state index contributed by atoms with van der Waals surface area (Å²) in [6.07, 6.45) is 0. The Morgan fingerprint density at radius 1 is 0.345 bits per heavy atom. The molecule has 0 aliphatic heterocycles. The third-order valence-corrected chi connectivity index (χ3v) is 13.0. The van der Waals surface area contributed by atoms with Crippen molar-refractivity contribution in [1.29, 1.82) is 0 Å². The third kappa shape index (κ3) is 4.72. The zero-order valence-electron chi connectivity index (χ0n) is 33.4. The van der Waals surface area contributed by atoms with E-state index >= 15 is 0 Å². The van der Waals surface area contributed by atoms with E-state index in [1.165, 1.54) is 89.3 Å². The summed E-state index contributed by atoms with van der Waals surface area (Å²) >= 11 is 0. The summed E-state index contributed by atoms with van der Waals surface area (Å²) in [5.41, 5.74) is 22.0. The Kier molecular flexibility index (Phi) is 7.04. The van der Waals surface area contributed by atoms with E-state index < -0.39 is 5.41 Å². The third-order valence-electron chi connectivity index (χ3n) is 13.0. The van der Waals surface area contributed by atoms with Crippen LogP contribution in [0.15, 0.2) is 152 Å². The van der Waals surface area contributed by atoms with Gasteiger partial charge in [-0.1, -0.05) is 171 Å². The first-order chi connectivity index (χ1) is 26.3. The SMILES string of the molecule is CC(C)(C)c1ccc2c(c1)C1(c3ccccc3-c3ccc(N(c4ccccc4)c4ccc5c(c4)C(C)(C)c4ccccc4-5)cc31)c1cc(C(C)(C)C)ccc1-2. The number of fused-ring (bicyclic) bond motifs is 13. The van der Waals surface area contributed by atoms with E-state index in [-0.39, 0.29) is 16.2 Å². The molecule has 1 spiro atoms. The molecule has 55 heavy (non-hydrogen) atoms. The largest absolute Gasteiger partial charge is 0.310 e. The summed E-state index contributed by atoms with van der Waals surface area (Å²) in [6, 6.07) is 58.1. The van der Waals surface area contributed by atoms with Crippen molar-refractivity contribution >= 4 is 17.1 Å². The van der Waals surface area contributed by atoms with Crippen LogP contribution in [0.3, 0.4) is 0 Å². The average molecular weight is 712 g/mol. The Labute approximate surface area is 327 Å². The van der Waals surface area contributed by atoms with Gasteiger partial charge in [-0.2, -0.15) is 0 Å². The topological polar surface area (TPSA) is 3.24 Å². The molecule has 3 aliphatic rings. The van der Waals surface area contributed by atoms with Crippen molar-refractivity contribution in [1.82, 2.24) is 0 Å². The molecular formula is C54H49N. The van der Waals surface area contributed by atoms with Crippen molar-refractivity contribution in [3.8, 4) is 33.4 Å².